The number of esters is 1. The maximum absolute atomic E-state index is 12.4. The third kappa shape index (κ3) is 41.7. The van der Waals surface area contributed by atoms with Gasteiger partial charge in [0.15, 0.2) is 0 Å². The molecule has 0 aromatic rings. The molecule has 0 bridgehead atoms. The second-order valence-electron chi connectivity index (χ2n) is 16.4. The number of allylic oxidation sites excluding steroid dienone is 5. The Labute approximate surface area is 347 Å². The van der Waals surface area contributed by atoms with Crippen LogP contribution in [0.5, 0.6) is 0 Å². The summed E-state index contributed by atoms with van der Waals surface area (Å²) in [6, 6.07) is -0.648. The number of carbonyl (C=O) groups is 2. The summed E-state index contributed by atoms with van der Waals surface area (Å²) < 4.78 is 5.43. The van der Waals surface area contributed by atoms with E-state index in [-0.39, 0.29) is 18.5 Å². The summed E-state index contributed by atoms with van der Waals surface area (Å²) >= 11 is 0. The molecule has 56 heavy (non-hydrogen) atoms. The lowest BCUT2D eigenvalue weighted by Crippen LogP contribution is -2.45. The van der Waals surface area contributed by atoms with Gasteiger partial charge in [0.05, 0.1) is 25.4 Å². The maximum Gasteiger partial charge on any atom is 0.305 e. The number of aliphatic hydroxyl groups is 2. The molecule has 0 heterocycles. The van der Waals surface area contributed by atoms with Gasteiger partial charge in [0.1, 0.15) is 0 Å². The molecule has 0 aliphatic heterocycles. The predicted octanol–water partition coefficient (Wildman–Crippen LogP) is 14.1. The molecule has 0 aliphatic carbocycles. The largest absolute Gasteiger partial charge is 0.466 e. The summed E-state index contributed by atoms with van der Waals surface area (Å²) in [5.74, 6) is -0.125. The highest BCUT2D eigenvalue weighted by Gasteiger charge is 2.18. The minimum atomic E-state index is -0.861. The minimum Gasteiger partial charge on any atom is -0.466 e. The number of carbonyl (C=O) groups excluding carboxylic acids is 2. The third-order valence-corrected chi connectivity index (χ3v) is 10.9. The first-order chi connectivity index (χ1) is 27.5. The smallest absolute Gasteiger partial charge is 0.305 e. The average Bonchev–Trinajstić information content (AvgIpc) is 3.20. The Morgan fingerprint density at radius 3 is 1.32 bits per heavy atom. The van der Waals surface area contributed by atoms with Crippen LogP contribution in [0.3, 0.4) is 0 Å². The normalized spacial score (nSPS) is 13.0. The molecule has 3 N–H and O–H groups in total. The van der Waals surface area contributed by atoms with Crippen LogP contribution in [-0.2, 0) is 14.3 Å². The molecule has 328 valence electrons. The van der Waals surface area contributed by atoms with Crippen LogP contribution in [0.25, 0.3) is 0 Å². The molecule has 6 nitrogen and oxygen atoms in total. The lowest BCUT2D eigenvalue weighted by Gasteiger charge is -2.19. The highest BCUT2D eigenvalue weighted by Crippen LogP contribution is 2.14. The Hall–Kier alpha value is -1.92. The van der Waals surface area contributed by atoms with Crippen LogP contribution in [0.15, 0.2) is 36.5 Å². The minimum absolute atomic E-state index is 0.0250. The van der Waals surface area contributed by atoms with Gasteiger partial charge in [-0.25, -0.2) is 0 Å². The van der Waals surface area contributed by atoms with Crippen LogP contribution in [-0.4, -0.2) is 47.4 Å². The molecule has 0 fully saturated rings. The molecule has 0 spiro atoms. The van der Waals surface area contributed by atoms with Crippen molar-refractivity contribution in [2.24, 2.45) is 0 Å². The van der Waals surface area contributed by atoms with Crippen molar-refractivity contribution in [2.75, 3.05) is 13.2 Å². The van der Waals surface area contributed by atoms with Gasteiger partial charge in [-0.15, -0.1) is 0 Å². The van der Waals surface area contributed by atoms with Crippen molar-refractivity contribution >= 4 is 11.9 Å². The second kappa shape index (κ2) is 45.8. The topological polar surface area (TPSA) is 95.9 Å². The fourth-order valence-electron chi connectivity index (χ4n) is 7.09. The van der Waals surface area contributed by atoms with Gasteiger partial charge in [-0.2, -0.15) is 0 Å². The molecular weight excluding hydrogens is 695 g/mol. The van der Waals surface area contributed by atoms with Crippen LogP contribution in [0.1, 0.15) is 245 Å². The number of hydrogen-bond acceptors (Lipinski definition) is 5. The Balaban J connectivity index is 3.56. The van der Waals surface area contributed by atoms with E-state index in [2.05, 4.69) is 43.5 Å². The van der Waals surface area contributed by atoms with Gasteiger partial charge in [0.25, 0.3) is 0 Å². The second-order valence-corrected chi connectivity index (χ2v) is 16.4. The van der Waals surface area contributed by atoms with E-state index >= 15 is 0 Å². The van der Waals surface area contributed by atoms with Crippen LogP contribution in [0, 0.1) is 0 Å². The summed E-state index contributed by atoms with van der Waals surface area (Å²) in [6.07, 6.45) is 54.2. The van der Waals surface area contributed by atoms with E-state index in [0.717, 1.165) is 70.6 Å². The van der Waals surface area contributed by atoms with Crippen molar-refractivity contribution in [3.63, 3.8) is 0 Å². The van der Waals surface area contributed by atoms with E-state index < -0.39 is 12.1 Å². The number of ether oxygens (including phenoxy) is 1. The maximum atomic E-state index is 12.4. The fourth-order valence-corrected chi connectivity index (χ4v) is 7.09. The molecule has 0 saturated heterocycles. The summed E-state index contributed by atoms with van der Waals surface area (Å²) in [5.41, 5.74) is 0. The van der Waals surface area contributed by atoms with E-state index in [0.29, 0.717) is 19.4 Å². The molecule has 0 radical (unpaired) electrons. The molecule has 0 saturated carbocycles. The molecule has 0 aromatic heterocycles. The molecule has 1 amide bonds. The number of nitrogens with one attached hydrogen (secondary N) is 1. The van der Waals surface area contributed by atoms with Gasteiger partial charge in [-0.1, -0.05) is 185 Å². The van der Waals surface area contributed by atoms with Crippen molar-refractivity contribution in [3.05, 3.63) is 36.5 Å². The average molecular weight is 788 g/mol. The lowest BCUT2D eigenvalue weighted by molar-refractivity contribution is -0.143. The zero-order valence-electron chi connectivity index (χ0n) is 37.1. The molecule has 6 heteroatoms. The first-order valence-corrected chi connectivity index (χ1v) is 24.3. The molecule has 0 rings (SSSR count). The first kappa shape index (κ1) is 54.1. The van der Waals surface area contributed by atoms with Crippen molar-refractivity contribution < 1.29 is 24.5 Å². The van der Waals surface area contributed by atoms with E-state index in [1.54, 1.807) is 6.08 Å². The zero-order chi connectivity index (χ0) is 40.8. The molecule has 0 aromatic carbocycles. The molecule has 2 unspecified atom stereocenters. The standard InChI is InChI=1S/C50H93NO5/c1-3-5-7-9-11-13-15-17-19-22-26-30-34-38-42-48(53)47(46-52)51-49(54)43-39-35-31-27-23-20-18-21-25-29-33-37-41-45-56-50(55)44-40-36-32-28-24-16-14-12-10-8-6-4-2/h12,14,20,23,38,42,47-48,52-53H,3-11,13,15-19,21-22,24-37,39-41,43-46H2,1-2H3,(H,51,54)/b14-12-,23-20-,42-38+. The molecular formula is C50H93NO5. The quantitative estimate of drug-likeness (QED) is 0.0325. The lowest BCUT2D eigenvalue weighted by atomic mass is 10.0. The van der Waals surface area contributed by atoms with Gasteiger partial charge in [-0.05, 0) is 83.5 Å². The number of aliphatic hydroxyl groups excluding tert-OH is 2. The first-order valence-electron chi connectivity index (χ1n) is 24.3. The van der Waals surface area contributed by atoms with E-state index in [1.807, 2.05) is 6.08 Å². The van der Waals surface area contributed by atoms with E-state index in [9.17, 15) is 19.8 Å². The van der Waals surface area contributed by atoms with Crippen molar-refractivity contribution in [2.45, 2.75) is 257 Å². The fraction of sp³-hybridized carbons (Fsp3) is 0.840. The third-order valence-electron chi connectivity index (χ3n) is 10.9. The van der Waals surface area contributed by atoms with Crippen molar-refractivity contribution in [3.8, 4) is 0 Å². The van der Waals surface area contributed by atoms with Gasteiger partial charge >= 0.3 is 5.97 Å². The van der Waals surface area contributed by atoms with Gasteiger partial charge in [0.2, 0.25) is 5.91 Å². The molecule has 2 atom stereocenters. The van der Waals surface area contributed by atoms with Crippen LogP contribution < -0.4 is 5.32 Å². The molecule has 0 aliphatic rings. The van der Waals surface area contributed by atoms with Crippen LogP contribution in [0.2, 0.25) is 0 Å². The number of rotatable bonds is 44. The van der Waals surface area contributed by atoms with E-state index in [1.165, 1.54) is 148 Å². The summed E-state index contributed by atoms with van der Waals surface area (Å²) in [4.78, 5) is 24.4. The SMILES string of the molecule is CCCCC/C=C\CCCCCCCC(=O)OCCCCCCCC/C=C\CCCCCC(=O)NC(CO)C(O)/C=C/CCCCCCCCCCCCCC. The summed E-state index contributed by atoms with van der Waals surface area (Å²) in [7, 11) is 0. The summed E-state index contributed by atoms with van der Waals surface area (Å²) in [6.45, 7) is 4.82. The van der Waals surface area contributed by atoms with Crippen LogP contribution >= 0.6 is 0 Å². The Morgan fingerprint density at radius 2 is 0.839 bits per heavy atom. The van der Waals surface area contributed by atoms with Crippen molar-refractivity contribution in [1.82, 2.24) is 5.32 Å². The zero-order valence-corrected chi connectivity index (χ0v) is 37.1. The van der Waals surface area contributed by atoms with Crippen LogP contribution in [0.4, 0.5) is 0 Å². The highest BCUT2D eigenvalue weighted by atomic mass is 16.5. The Bertz CT molecular complexity index is 915. The Kier molecular flexibility index (Phi) is 44.2. The number of amides is 1. The number of hydrogen-bond donors (Lipinski definition) is 3. The predicted molar refractivity (Wildman–Crippen MR) is 241 cm³/mol. The van der Waals surface area contributed by atoms with Gasteiger partial charge in [-0.3, -0.25) is 9.59 Å². The van der Waals surface area contributed by atoms with E-state index in [4.69, 9.17) is 4.74 Å². The number of unbranched alkanes of at least 4 members (excludes halogenated alkanes) is 29. The Morgan fingerprint density at radius 1 is 0.482 bits per heavy atom. The van der Waals surface area contributed by atoms with Gasteiger partial charge in [0, 0.05) is 12.8 Å². The van der Waals surface area contributed by atoms with Crippen molar-refractivity contribution in [1.29, 1.82) is 0 Å². The summed E-state index contributed by atoms with van der Waals surface area (Å²) in [5, 5.41) is 23.0. The highest BCUT2D eigenvalue weighted by molar-refractivity contribution is 5.76. The monoisotopic (exact) mass is 788 g/mol. The van der Waals surface area contributed by atoms with Gasteiger partial charge < -0.3 is 20.3 Å².